The molecule has 5 heterocycles. The minimum atomic E-state index is -3.14. The van der Waals surface area contributed by atoms with E-state index in [1.165, 1.54) is 6.33 Å². The van der Waals surface area contributed by atoms with Crippen molar-refractivity contribution < 1.29 is 35.7 Å². The Hall–Kier alpha value is -2.07. The van der Waals surface area contributed by atoms with Crippen molar-refractivity contribution in [3.8, 4) is 0 Å². The number of nitrogens with one attached hydrogen (secondary N) is 1. The van der Waals surface area contributed by atoms with E-state index in [0.717, 1.165) is 0 Å². The zero-order valence-corrected chi connectivity index (χ0v) is 33.8. The quantitative estimate of drug-likeness (QED) is 0.293. The largest absolute Gasteiger partial charge is 0.460 e. The molecule has 0 aliphatic carbocycles. The Morgan fingerprint density at radius 1 is 0.959 bits per heavy atom. The number of rotatable bonds is 8. The van der Waals surface area contributed by atoms with Gasteiger partial charge in [0.25, 0.3) is 5.17 Å². The summed E-state index contributed by atoms with van der Waals surface area (Å²) in [5.41, 5.74) is 1.25. The first-order valence-electron chi connectivity index (χ1n) is 17.2. The molecular weight excluding hydrogens is 705 g/mol. The zero-order valence-electron chi connectivity index (χ0n) is 30.2. The van der Waals surface area contributed by atoms with Crippen LogP contribution in [0.5, 0.6) is 0 Å². The van der Waals surface area contributed by atoms with Crippen LogP contribution in [0, 0.1) is 5.92 Å². The van der Waals surface area contributed by atoms with Crippen molar-refractivity contribution in [2.45, 2.75) is 116 Å². The molecule has 49 heavy (non-hydrogen) atoms. The molecule has 0 bridgehead atoms. The summed E-state index contributed by atoms with van der Waals surface area (Å²) < 4.78 is 61.5. The molecule has 5 rings (SSSR count). The summed E-state index contributed by atoms with van der Waals surface area (Å²) in [4.78, 5) is 27.8. The van der Waals surface area contributed by atoms with Gasteiger partial charge in [-0.05, 0) is 34.4 Å². The van der Waals surface area contributed by atoms with E-state index in [-0.39, 0.29) is 76.2 Å². The predicted octanol–water partition coefficient (Wildman–Crippen LogP) is 4.68. The van der Waals surface area contributed by atoms with Crippen LogP contribution in [0.3, 0.4) is 0 Å². The Morgan fingerprint density at radius 3 is 2.14 bits per heavy atom. The van der Waals surface area contributed by atoms with Gasteiger partial charge >= 0.3 is 17.1 Å². The molecule has 2 aromatic heterocycles. The molecule has 0 aromatic carbocycles. The van der Waals surface area contributed by atoms with E-state index >= 15 is 0 Å². The minimum Gasteiger partial charge on any atom is -0.460 e. The number of hydrogen-bond acceptors (Lipinski definition) is 12. The number of aromatic nitrogens is 4. The Bertz CT molecular complexity index is 1610. The molecule has 0 radical (unpaired) electrons. The van der Waals surface area contributed by atoms with Crippen molar-refractivity contribution >= 4 is 67.2 Å². The molecule has 3 aliphatic rings. The molecule has 4 atom stereocenters. The van der Waals surface area contributed by atoms with Gasteiger partial charge in [0, 0.05) is 19.0 Å². The van der Waals surface area contributed by atoms with Gasteiger partial charge in [-0.15, -0.1) is 0 Å². The SMILES string of the molecule is CC(C)C(=O)Nc1ncnc2c1ncn2[C@@H]1O[C@@H]2CO[Si](C(C)C)(C(C)C)O[Si](C(C)C)(C(C)C)OC2C1OC(=S)N1CCS(=O)(=O)CC1. The van der Waals surface area contributed by atoms with Crippen molar-refractivity contribution in [3.63, 3.8) is 0 Å². The maximum absolute atomic E-state index is 12.6. The molecule has 274 valence electrons. The highest BCUT2D eigenvalue weighted by Crippen LogP contribution is 2.49. The minimum absolute atomic E-state index is 0.00683. The fourth-order valence-electron chi connectivity index (χ4n) is 6.95. The van der Waals surface area contributed by atoms with E-state index in [0.29, 0.717) is 11.2 Å². The smallest absolute Gasteiger partial charge is 0.335 e. The van der Waals surface area contributed by atoms with Gasteiger partial charge in [-0.1, -0.05) is 69.2 Å². The number of fused-ring (bicyclic) bond motifs is 2. The van der Waals surface area contributed by atoms with E-state index < -0.39 is 51.5 Å². The number of anilines is 1. The molecule has 2 aromatic rings. The number of ether oxygens (including phenoxy) is 2. The van der Waals surface area contributed by atoms with Crippen LogP contribution in [0.2, 0.25) is 22.2 Å². The normalized spacial score (nSPS) is 26.7. The van der Waals surface area contributed by atoms with Gasteiger partial charge in [0.1, 0.15) is 18.5 Å². The van der Waals surface area contributed by atoms with Crippen molar-refractivity contribution in [2.24, 2.45) is 5.92 Å². The number of amides is 1. The summed E-state index contributed by atoms with van der Waals surface area (Å²) in [7, 11) is -9.08. The standard InChI is InChI=1S/C31H52N6O8S2Si2/c1-18(2)29(38)35-27-24-28(33-16-32-27)37(17-34-24)30-26(43-31(46)36-11-13-47(39,40)14-12-36)25-23(42-30)15-41-48(19(3)4,20(5)6)45-49(44-25,21(7)8)22(9)10/h16-23,25-26,30H,11-15H2,1-10H3,(H,32,33,35,38)/t23-,25?,26?,30-/m1/s1. The number of nitrogens with zero attached hydrogens (tertiary/aromatic N) is 5. The Labute approximate surface area is 297 Å². The highest BCUT2D eigenvalue weighted by atomic mass is 32.2. The molecular formula is C31H52N6O8S2Si2. The lowest BCUT2D eigenvalue weighted by molar-refractivity contribution is -0.118. The van der Waals surface area contributed by atoms with E-state index in [1.807, 2.05) is 0 Å². The molecule has 0 spiro atoms. The second kappa shape index (κ2) is 14.5. The summed E-state index contributed by atoms with van der Waals surface area (Å²) in [6.07, 6.45) is 0.125. The molecule has 3 aliphatic heterocycles. The number of hydrogen-bond donors (Lipinski definition) is 1. The van der Waals surface area contributed by atoms with Crippen molar-refractivity contribution in [1.29, 1.82) is 0 Å². The fourth-order valence-corrected chi connectivity index (χ4v) is 19.7. The average Bonchev–Trinajstić information content (AvgIpc) is 3.58. The first-order valence-corrected chi connectivity index (χ1v) is 23.4. The highest BCUT2D eigenvalue weighted by Gasteiger charge is 2.62. The van der Waals surface area contributed by atoms with E-state index in [1.54, 1.807) is 29.6 Å². The zero-order chi connectivity index (χ0) is 36.1. The van der Waals surface area contributed by atoms with Gasteiger partial charge < -0.3 is 32.7 Å². The van der Waals surface area contributed by atoms with Gasteiger partial charge in [-0.25, -0.2) is 23.4 Å². The summed E-state index contributed by atoms with van der Waals surface area (Å²) in [6, 6.07) is 0. The highest BCUT2D eigenvalue weighted by molar-refractivity contribution is 7.91. The summed E-state index contributed by atoms with van der Waals surface area (Å²) >= 11 is 5.83. The van der Waals surface area contributed by atoms with Crippen molar-refractivity contribution in [3.05, 3.63) is 12.7 Å². The van der Waals surface area contributed by atoms with Gasteiger partial charge in [0.2, 0.25) is 5.91 Å². The summed E-state index contributed by atoms with van der Waals surface area (Å²) in [5.74, 6) is -0.182. The van der Waals surface area contributed by atoms with Crippen LogP contribution >= 0.6 is 12.2 Å². The molecule has 1 N–H and O–H groups in total. The maximum atomic E-state index is 12.6. The van der Waals surface area contributed by atoms with Gasteiger partial charge in [0.05, 0.1) is 24.4 Å². The number of imidazole rings is 1. The van der Waals surface area contributed by atoms with E-state index in [9.17, 15) is 13.2 Å². The lowest BCUT2D eigenvalue weighted by atomic mass is 10.1. The lowest BCUT2D eigenvalue weighted by Gasteiger charge is -2.51. The Balaban J connectivity index is 1.60. The van der Waals surface area contributed by atoms with Crippen LogP contribution in [0.4, 0.5) is 5.82 Å². The average molecular weight is 757 g/mol. The van der Waals surface area contributed by atoms with Crippen molar-refractivity contribution in [1.82, 2.24) is 24.4 Å². The van der Waals surface area contributed by atoms with Crippen LogP contribution in [0.15, 0.2) is 12.7 Å². The first-order chi connectivity index (χ1) is 22.9. The molecule has 14 nitrogen and oxygen atoms in total. The molecule has 3 fully saturated rings. The Morgan fingerprint density at radius 2 is 1.57 bits per heavy atom. The van der Waals surface area contributed by atoms with E-state index in [4.69, 9.17) is 34.7 Å². The third-order valence-corrected chi connectivity index (χ3v) is 22.1. The number of sulfone groups is 1. The van der Waals surface area contributed by atoms with Gasteiger partial charge in [-0.2, -0.15) is 0 Å². The van der Waals surface area contributed by atoms with Crippen molar-refractivity contribution in [2.75, 3.05) is 36.5 Å². The lowest BCUT2D eigenvalue weighted by Crippen LogP contribution is -2.66. The topological polar surface area (TPSA) is 156 Å². The maximum Gasteiger partial charge on any atom is 0.335 e. The molecule has 18 heteroatoms. The molecule has 2 unspecified atom stereocenters. The van der Waals surface area contributed by atoms with Crippen LogP contribution in [0.1, 0.15) is 75.5 Å². The Kier molecular flexibility index (Phi) is 11.3. The second-order valence-electron chi connectivity index (χ2n) is 14.8. The third-order valence-electron chi connectivity index (χ3n) is 9.86. The van der Waals surface area contributed by atoms with Gasteiger partial charge in [0.15, 0.2) is 39.2 Å². The summed E-state index contributed by atoms with van der Waals surface area (Å²) in [6.45, 7) is 21.5. The number of carbonyl (C=O) groups excluding carboxylic acids is 1. The van der Waals surface area contributed by atoms with Crippen LogP contribution < -0.4 is 5.32 Å². The molecule has 0 saturated carbocycles. The van der Waals surface area contributed by atoms with Gasteiger partial charge in [-0.3, -0.25) is 9.36 Å². The summed E-state index contributed by atoms with van der Waals surface area (Å²) in [5, 5.41) is 3.01. The van der Waals surface area contributed by atoms with E-state index in [2.05, 4.69) is 75.7 Å². The molecule has 3 saturated heterocycles. The molecule has 1 amide bonds. The fraction of sp³-hybridized carbons (Fsp3) is 0.774. The predicted molar refractivity (Wildman–Crippen MR) is 194 cm³/mol. The number of thiocarbonyl (C=S) groups is 1. The third kappa shape index (κ3) is 7.34. The number of carbonyl (C=O) groups is 1. The van der Waals surface area contributed by atoms with Crippen LogP contribution in [0.25, 0.3) is 11.2 Å². The van der Waals surface area contributed by atoms with Crippen LogP contribution in [-0.4, -0.2) is 111 Å². The first kappa shape index (κ1) is 38.2. The monoisotopic (exact) mass is 756 g/mol. The second-order valence-corrected chi connectivity index (χ2v) is 26.3. The van der Waals surface area contributed by atoms with Crippen LogP contribution in [-0.2, 0) is 37.1 Å².